The van der Waals surface area contributed by atoms with E-state index in [2.05, 4.69) is 25.8 Å². The van der Waals surface area contributed by atoms with Crippen LogP contribution < -0.4 is 15.7 Å². The van der Waals surface area contributed by atoms with Crippen LogP contribution in [-0.2, 0) is 17.9 Å². The van der Waals surface area contributed by atoms with Crippen molar-refractivity contribution in [2.45, 2.75) is 20.0 Å². The van der Waals surface area contributed by atoms with Crippen LogP contribution in [0.1, 0.15) is 17.0 Å². The summed E-state index contributed by atoms with van der Waals surface area (Å²) in [7, 11) is 1.59. The molecule has 0 saturated carbocycles. The van der Waals surface area contributed by atoms with Gasteiger partial charge in [-0.15, -0.1) is 5.10 Å². The summed E-state index contributed by atoms with van der Waals surface area (Å²) >= 11 is 0. The number of aryl methyl sites for hydroxylation is 1. The minimum atomic E-state index is -0.353. The normalized spacial score (nSPS) is 11.2. The second-order valence-corrected chi connectivity index (χ2v) is 7.05. The van der Waals surface area contributed by atoms with Gasteiger partial charge in [-0.2, -0.15) is 5.10 Å². The first-order chi connectivity index (χ1) is 15.5. The molecule has 4 aromatic rings. The molecule has 1 N–H and O–H groups in total. The molecule has 1 amide bonds. The standard InChI is InChI=1S/C22H21N7O3/c1-15-22(31)29(20-6-4-3-5-19(20)24-15)13-17-12-28(27-25-17)14-21(30)26-23-11-16-7-9-18(32-2)10-8-16/h3-12H,13-14H2,1-2H3,(H,26,30)/b23-11-. The predicted octanol–water partition coefficient (Wildman–Crippen LogP) is 1.50. The number of hydrogen-bond donors (Lipinski definition) is 1. The number of rotatable bonds is 7. The summed E-state index contributed by atoms with van der Waals surface area (Å²) in [4.78, 5) is 29.1. The summed E-state index contributed by atoms with van der Waals surface area (Å²) in [6.45, 7) is 1.84. The van der Waals surface area contributed by atoms with Gasteiger partial charge in [-0.1, -0.05) is 17.3 Å². The molecular weight excluding hydrogens is 410 g/mol. The van der Waals surface area contributed by atoms with E-state index in [4.69, 9.17) is 4.74 Å². The minimum absolute atomic E-state index is 0.0576. The van der Waals surface area contributed by atoms with Gasteiger partial charge >= 0.3 is 0 Å². The van der Waals surface area contributed by atoms with Crippen molar-refractivity contribution in [3.8, 4) is 5.75 Å². The molecule has 10 heteroatoms. The van der Waals surface area contributed by atoms with Gasteiger partial charge in [-0.25, -0.2) is 15.1 Å². The third kappa shape index (κ3) is 4.69. The number of para-hydroxylation sites is 2. The lowest BCUT2D eigenvalue weighted by molar-refractivity contribution is -0.121. The van der Waals surface area contributed by atoms with E-state index in [1.54, 1.807) is 36.9 Å². The van der Waals surface area contributed by atoms with Gasteiger partial charge in [0.1, 0.15) is 23.7 Å². The van der Waals surface area contributed by atoms with Crippen LogP contribution in [0.3, 0.4) is 0 Å². The summed E-state index contributed by atoms with van der Waals surface area (Å²) in [5.74, 6) is 0.388. The number of ether oxygens (including phenoxy) is 1. The lowest BCUT2D eigenvalue weighted by Gasteiger charge is -2.09. The zero-order valence-electron chi connectivity index (χ0n) is 17.6. The molecule has 0 aliphatic carbocycles. The summed E-state index contributed by atoms with van der Waals surface area (Å²) in [6.07, 6.45) is 3.16. The van der Waals surface area contributed by atoms with E-state index in [0.717, 1.165) is 16.8 Å². The van der Waals surface area contributed by atoms with Crippen molar-refractivity contribution < 1.29 is 9.53 Å². The van der Waals surface area contributed by atoms with E-state index in [0.29, 0.717) is 16.9 Å². The minimum Gasteiger partial charge on any atom is -0.497 e. The number of fused-ring (bicyclic) bond motifs is 1. The van der Waals surface area contributed by atoms with Crippen molar-refractivity contribution in [3.05, 3.63) is 82.0 Å². The second-order valence-electron chi connectivity index (χ2n) is 7.05. The number of carbonyl (C=O) groups is 1. The van der Waals surface area contributed by atoms with Crippen LogP contribution in [0.2, 0.25) is 0 Å². The fourth-order valence-electron chi connectivity index (χ4n) is 3.18. The molecule has 162 valence electrons. The van der Waals surface area contributed by atoms with Gasteiger partial charge in [0.2, 0.25) is 0 Å². The Hall–Kier alpha value is -4.34. The number of nitrogens with one attached hydrogen (secondary N) is 1. The number of hydrogen-bond acceptors (Lipinski definition) is 7. The van der Waals surface area contributed by atoms with Crippen LogP contribution in [0.4, 0.5) is 0 Å². The Bertz CT molecular complexity index is 1340. The van der Waals surface area contributed by atoms with Crippen LogP contribution >= 0.6 is 0 Å². The molecule has 0 aliphatic rings. The van der Waals surface area contributed by atoms with Gasteiger partial charge in [0.25, 0.3) is 11.5 Å². The van der Waals surface area contributed by atoms with Crippen LogP contribution in [0.5, 0.6) is 5.75 Å². The van der Waals surface area contributed by atoms with Gasteiger partial charge < -0.3 is 4.74 Å². The number of hydrazone groups is 1. The van der Waals surface area contributed by atoms with Gasteiger partial charge in [-0.05, 0) is 48.9 Å². The number of amides is 1. The number of benzene rings is 2. The summed E-state index contributed by atoms with van der Waals surface area (Å²) < 4.78 is 8.10. The van der Waals surface area contributed by atoms with Gasteiger partial charge in [0, 0.05) is 0 Å². The highest BCUT2D eigenvalue weighted by molar-refractivity contribution is 5.82. The SMILES string of the molecule is COc1ccc(/C=N\NC(=O)Cn2cc(Cn3c(=O)c(C)nc4ccccc43)nn2)cc1. The maximum Gasteiger partial charge on any atom is 0.272 e. The fourth-order valence-corrected chi connectivity index (χ4v) is 3.18. The van der Waals surface area contributed by atoms with Crippen molar-refractivity contribution in [1.82, 2.24) is 30.0 Å². The second kappa shape index (κ2) is 9.21. The third-order valence-corrected chi connectivity index (χ3v) is 4.75. The van der Waals surface area contributed by atoms with Crippen LogP contribution in [-0.4, -0.2) is 43.8 Å². The average Bonchev–Trinajstić information content (AvgIpc) is 3.24. The lowest BCUT2D eigenvalue weighted by atomic mass is 10.2. The van der Waals surface area contributed by atoms with Crippen molar-refractivity contribution in [1.29, 1.82) is 0 Å². The maximum atomic E-state index is 12.6. The third-order valence-electron chi connectivity index (χ3n) is 4.75. The highest BCUT2D eigenvalue weighted by Gasteiger charge is 2.11. The highest BCUT2D eigenvalue weighted by Crippen LogP contribution is 2.11. The smallest absolute Gasteiger partial charge is 0.272 e. The molecule has 2 aromatic carbocycles. The molecule has 0 unspecified atom stereocenters. The maximum absolute atomic E-state index is 12.6. The molecule has 4 rings (SSSR count). The molecule has 2 heterocycles. The molecular formula is C22H21N7O3. The topological polar surface area (TPSA) is 116 Å². The first-order valence-corrected chi connectivity index (χ1v) is 9.84. The quantitative estimate of drug-likeness (QED) is 0.350. The first-order valence-electron chi connectivity index (χ1n) is 9.84. The highest BCUT2D eigenvalue weighted by atomic mass is 16.5. The summed E-state index contributed by atoms with van der Waals surface area (Å²) in [5.41, 5.74) is 5.48. The van der Waals surface area contributed by atoms with E-state index in [1.807, 2.05) is 36.4 Å². The largest absolute Gasteiger partial charge is 0.497 e. The molecule has 0 saturated heterocycles. The molecule has 2 aromatic heterocycles. The molecule has 0 bridgehead atoms. The molecule has 32 heavy (non-hydrogen) atoms. The van der Waals surface area contributed by atoms with Gasteiger partial charge in [0.05, 0.1) is 37.1 Å². The number of methoxy groups -OCH3 is 1. The molecule has 0 fully saturated rings. The Kier molecular flexibility index (Phi) is 6.02. The van der Waals surface area contributed by atoms with Gasteiger partial charge in [-0.3, -0.25) is 14.2 Å². The molecule has 0 spiro atoms. The van der Waals surface area contributed by atoms with E-state index >= 15 is 0 Å². The monoisotopic (exact) mass is 431 g/mol. The van der Waals surface area contributed by atoms with E-state index in [9.17, 15) is 9.59 Å². The predicted molar refractivity (Wildman–Crippen MR) is 119 cm³/mol. The number of aromatic nitrogens is 5. The van der Waals surface area contributed by atoms with Gasteiger partial charge in [0.15, 0.2) is 0 Å². The molecule has 0 atom stereocenters. The van der Waals surface area contributed by atoms with Crippen LogP contribution in [0, 0.1) is 6.92 Å². The lowest BCUT2D eigenvalue weighted by Crippen LogP contribution is -2.25. The Morgan fingerprint density at radius 1 is 1.19 bits per heavy atom. The zero-order valence-corrected chi connectivity index (χ0v) is 17.6. The summed E-state index contributed by atoms with van der Waals surface area (Å²) in [5, 5.41) is 12.0. The Morgan fingerprint density at radius 2 is 1.97 bits per heavy atom. The van der Waals surface area contributed by atoms with Crippen molar-refractivity contribution >= 4 is 23.2 Å². The number of nitrogens with zero attached hydrogens (tertiary/aromatic N) is 6. The Labute approximate surface area is 183 Å². The summed E-state index contributed by atoms with van der Waals surface area (Å²) in [6, 6.07) is 14.7. The molecule has 10 nitrogen and oxygen atoms in total. The fraction of sp³-hybridized carbons (Fsp3) is 0.182. The molecule has 0 radical (unpaired) electrons. The Balaban J connectivity index is 1.40. The number of carbonyl (C=O) groups excluding carboxylic acids is 1. The van der Waals surface area contributed by atoms with E-state index in [1.165, 1.54) is 10.9 Å². The van der Waals surface area contributed by atoms with Crippen LogP contribution in [0.15, 0.2) is 64.6 Å². The van der Waals surface area contributed by atoms with Crippen molar-refractivity contribution in [2.75, 3.05) is 7.11 Å². The van der Waals surface area contributed by atoms with E-state index < -0.39 is 0 Å². The van der Waals surface area contributed by atoms with E-state index in [-0.39, 0.29) is 24.6 Å². The first kappa shape index (κ1) is 20.9. The van der Waals surface area contributed by atoms with Crippen LogP contribution in [0.25, 0.3) is 11.0 Å². The van der Waals surface area contributed by atoms with Crippen molar-refractivity contribution in [2.24, 2.45) is 5.10 Å². The Morgan fingerprint density at radius 3 is 2.75 bits per heavy atom. The van der Waals surface area contributed by atoms with Crippen molar-refractivity contribution in [3.63, 3.8) is 0 Å². The average molecular weight is 431 g/mol. The molecule has 0 aliphatic heterocycles. The zero-order chi connectivity index (χ0) is 22.5.